The molecule has 2 aromatic rings. The largest absolute Gasteiger partial charge is 0.493 e. The minimum absolute atomic E-state index is 0.331. The van der Waals surface area contributed by atoms with Gasteiger partial charge in [0.05, 0.1) is 6.61 Å². The summed E-state index contributed by atoms with van der Waals surface area (Å²) < 4.78 is 8.26. The first kappa shape index (κ1) is 13.8. The lowest BCUT2D eigenvalue weighted by Crippen LogP contribution is -2.31. The van der Waals surface area contributed by atoms with Crippen molar-refractivity contribution in [3.8, 4) is 5.75 Å². The number of hydrogen-bond donors (Lipinski definition) is 0. The van der Waals surface area contributed by atoms with Gasteiger partial charge in [-0.05, 0) is 38.0 Å². The highest BCUT2D eigenvalue weighted by Crippen LogP contribution is 2.50. The molecule has 0 amide bonds. The Morgan fingerprint density at radius 3 is 3.23 bits per heavy atom. The molecule has 1 saturated carbocycles. The first-order chi connectivity index (χ1) is 10.7. The van der Waals surface area contributed by atoms with Crippen molar-refractivity contribution in [2.24, 2.45) is 11.3 Å². The average molecular weight is 297 g/mol. The molecule has 2 aliphatic carbocycles. The zero-order valence-corrected chi connectivity index (χ0v) is 13.4. The van der Waals surface area contributed by atoms with E-state index in [2.05, 4.69) is 36.3 Å². The Kier molecular flexibility index (Phi) is 3.21. The summed E-state index contributed by atoms with van der Waals surface area (Å²) in [4.78, 5) is 0. The van der Waals surface area contributed by atoms with Gasteiger partial charge in [0.1, 0.15) is 12.1 Å². The molecule has 0 N–H and O–H groups in total. The second kappa shape index (κ2) is 5.11. The van der Waals surface area contributed by atoms with E-state index in [0.717, 1.165) is 30.3 Å². The van der Waals surface area contributed by atoms with Crippen LogP contribution >= 0.6 is 0 Å². The summed E-state index contributed by atoms with van der Waals surface area (Å²) >= 11 is 0. The number of aromatic nitrogens is 3. The smallest absolute Gasteiger partial charge is 0.164 e. The number of aryl methyl sites for hydroxylation is 1. The molecule has 0 aliphatic heterocycles. The lowest BCUT2D eigenvalue weighted by atomic mass is 9.72. The molecule has 2 aromatic heterocycles. The van der Waals surface area contributed by atoms with Crippen LogP contribution in [0.1, 0.15) is 45.1 Å². The van der Waals surface area contributed by atoms with Crippen molar-refractivity contribution in [3.05, 3.63) is 35.8 Å². The molecule has 1 fully saturated rings. The van der Waals surface area contributed by atoms with Gasteiger partial charge in [0.15, 0.2) is 5.65 Å². The Morgan fingerprint density at radius 1 is 1.45 bits per heavy atom. The molecular weight excluding hydrogens is 274 g/mol. The molecule has 22 heavy (non-hydrogen) atoms. The lowest BCUT2D eigenvalue weighted by molar-refractivity contribution is 0.110. The van der Waals surface area contributed by atoms with Crippen LogP contribution in [-0.2, 0) is 6.42 Å². The Bertz CT molecular complexity index is 733. The third-order valence-electron chi connectivity index (χ3n) is 5.21. The third kappa shape index (κ3) is 2.31. The summed E-state index contributed by atoms with van der Waals surface area (Å²) in [5.41, 5.74) is 4.05. The predicted octanol–water partition coefficient (Wildman–Crippen LogP) is 3.81. The standard InChI is InChI=1S/C18H23N3O/c1-3-15-10-21-12-19-20-17(21)7-16(15)22-11-18-5-4-14(9-18)6-13(2)8-18/h4,7,10,12-13H,3,5-6,8-9,11H2,1-2H3. The topological polar surface area (TPSA) is 39.4 Å². The maximum absolute atomic E-state index is 6.30. The fourth-order valence-corrected chi connectivity index (χ4v) is 4.25. The van der Waals surface area contributed by atoms with E-state index in [0.29, 0.717) is 5.41 Å². The van der Waals surface area contributed by atoms with Crippen molar-refractivity contribution < 1.29 is 4.74 Å². The van der Waals surface area contributed by atoms with Gasteiger partial charge in [-0.1, -0.05) is 25.5 Å². The minimum Gasteiger partial charge on any atom is -0.493 e. The Labute approximate surface area is 131 Å². The van der Waals surface area contributed by atoms with Gasteiger partial charge >= 0.3 is 0 Å². The zero-order chi connectivity index (χ0) is 15.2. The minimum atomic E-state index is 0.331. The van der Waals surface area contributed by atoms with Gasteiger partial charge < -0.3 is 4.74 Å². The van der Waals surface area contributed by atoms with E-state index in [-0.39, 0.29) is 0 Å². The van der Waals surface area contributed by atoms with Crippen LogP contribution in [0.4, 0.5) is 0 Å². The van der Waals surface area contributed by atoms with Crippen molar-refractivity contribution in [1.82, 2.24) is 14.6 Å². The van der Waals surface area contributed by atoms with E-state index in [9.17, 15) is 0 Å². The average Bonchev–Trinajstić information content (AvgIpc) is 3.08. The van der Waals surface area contributed by atoms with Crippen LogP contribution in [0.2, 0.25) is 0 Å². The molecule has 0 radical (unpaired) electrons. The SMILES string of the molecule is CCc1cn2cnnc2cc1OCC12CC=C(CC(C)C1)C2. The highest BCUT2D eigenvalue weighted by molar-refractivity contribution is 5.47. The zero-order valence-electron chi connectivity index (χ0n) is 13.4. The van der Waals surface area contributed by atoms with Gasteiger partial charge in [-0.2, -0.15) is 0 Å². The van der Waals surface area contributed by atoms with Crippen molar-refractivity contribution in [2.45, 2.75) is 46.0 Å². The highest BCUT2D eigenvalue weighted by atomic mass is 16.5. The van der Waals surface area contributed by atoms with E-state index in [1.165, 1.54) is 31.2 Å². The van der Waals surface area contributed by atoms with Crippen LogP contribution < -0.4 is 4.74 Å². The van der Waals surface area contributed by atoms with E-state index in [4.69, 9.17) is 4.74 Å². The van der Waals surface area contributed by atoms with Crippen LogP contribution in [0.3, 0.4) is 0 Å². The van der Waals surface area contributed by atoms with Gasteiger partial charge in [0.2, 0.25) is 0 Å². The number of hydrogen-bond acceptors (Lipinski definition) is 3. The Hall–Kier alpha value is -1.84. The summed E-state index contributed by atoms with van der Waals surface area (Å²) in [6, 6.07) is 2.03. The van der Waals surface area contributed by atoms with Crippen LogP contribution in [0, 0.1) is 11.3 Å². The quantitative estimate of drug-likeness (QED) is 0.806. The number of allylic oxidation sites excluding steroid dienone is 2. The van der Waals surface area contributed by atoms with Gasteiger partial charge in [0, 0.05) is 23.2 Å². The first-order valence-corrected chi connectivity index (χ1v) is 8.30. The fourth-order valence-electron chi connectivity index (χ4n) is 4.25. The summed E-state index contributed by atoms with van der Waals surface area (Å²) in [6.07, 6.45) is 12.2. The maximum atomic E-state index is 6.30. The molecule has 2 heterocycles. The van der Waals surface area contributed by atoms with E-state index < -0.39 is 0 Å². The Balaban J connectivity index is 1.56. The second-order valence-electron chi connectivity index (χ2n) is 7.16. The van der Waals surface area contributed by atoms with Crippen molar-refractivity contribution in [3.63, 3.8) is 0 Å². The van der Waals surface area contributed by atoms with Gasteiger partial charge in [0.25, 0.3) is 0 Å². The first-order valence-electron chi connectivity index (χ1n) is 8.30. The van der Waals surface area contributed by atoms with Gasteiger partial charge in [-0.3, -0.25) is 4.40 Å². The molecule has 2 atom stereocenters. The van der Waals surface area contributed by atoms with Gasteiger partial charge in [-0.15, -0.1) is 10.2 Å². The number of fused-ring (bicyclic) bond motifs is 3. The molecule has 2 aliphatic rings. The maximum Gasteiger partial charge on any atom is 0.164 e. The Morgan fingerprint density at radius 2 is 2.36 bits per heavy atom. The van der Waals surface area contributed by atoms with Crippen molar-refractivity contribution in [1.29, 1.82) is 0 Å². The summed E-state index contributed by atoms with van der Waals surface area (Å²) in [5, 5.41) is 8.09. The molecule has 116 valence electrons. The third-order valence-corrected chi connectivity index (χ3v) is 5.21. The molecule has 0 saturated heterocycles. The van der Waals surface area contributed by atoms with Crippen LogP contribution in [0.25, 0.3) is 5.65 Å². The summed E-state index contributed by atoms with van der Waals surface area (Å²) in [7, 11) is 0. The van der Waals surface area contributed by atoms with Crippen LogP contribution in [0.5, 0.6) is 5.75 Å². The van der Waals surface area contributed by atoms with Crippen LogP contribution in [0.15, 0.2) is 30.2 Å². The molecule has 2 unspecified atom stereocenters. The molecule has 2 bridgehead atoms. The molecular formula is C18H23N3O. The molecule has 4 nitrogen and oxygen atoms in total. The van der Waals surface area contributed by atoms with E-state index in [1.807, 2.05) is 10.5 Å². The molecule has 0 spiro atoms. The highest BCUT2D eigenvalue weighted by Gasteiger charge is 2.40. The molecule has 4 heteroatoms. The van der Waals surface area contributed by atoms with Crippen LogP contribution in [-0.4, -0.2) is 21.2 Å². The number of pyridine rings is 1. The normalized spacial score (nSPS) is 27.2. The summed E-state index contributed by atoms with van der Waals surface area (Å²) in [5.74, 6) is 1.76. The van der Waals surface area contributed by atoms with Gasteiger partial charge in [-0.25, -0.2) is 0 Å². The summed E-state index contributed by atoms with van der Waals surface area (Å²) in [6.45, 7) is 5.34. The number of nitrogens with zero attached hydrogens (tertiary/aromatic N) is 3. The number of rotatable bonds is 4. The lowest BCUT2D eigenvalue weighted by Gasteiger charge is -2.36. The fraction of sp³-hybridized carbons (Fsp3) is 0.556. The number of ether oxygens (including phenoxy) is 1. The molecule has 4 rings (SSSR count). The monoisotopic (exact) mass is 297 g/mol. The predicted molar refractivity (Wildman–Crippen MR) is 86.0 cm³/mol. The second-order valence-corrected chi connectivity index (χ2v) is 7.16. The van der Waals surface area contributed by atoms with Crippen molar-refractivity contribution in [2.75, 3.05) is 6.61 Å². The molecule has 0 aromatic carbocycles. The van der Waals surface area contributed by atoms with Crippen molar-refractivity contribution >= 4 is 5.65 Å². The van der Waals surface area contributed by atoms with E-state index >= 15 is 0 Å². The van der Waals surface area contributed by atoms with E-state index in [1.54, 1.807) is 11.9 Å².